The second-order valence-corrected chi connectivity index (χ2v) is 8.93. The summed E-state index contributed by atoms with van der Waals surface area (Å²) in [6.45, 7) is 10.4. The average Bonchev–Trinajstić information content (AvgIpc) is 3.09. The second kappa shape index (κ2) is 11.2. The monoisotopic (exact) mass is 403 g/mol. The lowest BCUT2D eigenvalue weighted by Gasteiger charge is -2.12. The van der Waals surface area contributed by atoms with Crippen molar-refractivity contribution < 1.29 is 4.57 Å². The largest absolute Gasteiger partial charge is 0.261 e. The molecule has 0 radical (unpaired) electrons. The molecule has 3 aromatic rings. The summed E-state index contributed by atoms with van der Waals surface area (Å²) in [5.74, 6) is 1.96. The van der Waals surface area contributed by atoms with Crippen molar-refractivity contribution >= 4 is 0 Å². The molecule has 3 rings (SSSR count). The molecule has 2 nitrogen and oxygen atoms in total. The van der Waals surface area contributed by atoms with Crippen LogP contribution in [0, 0.1) is 0 Å². The van der Waals surface area contributed by atoms with Crippen LogP contribution in [0.25, 0.3) is 0 Å². The van der Waals surface area contributed by atoms with Crippen LogP contribution in [0.15, 0.2) is 66.9 Å². The Bertz CT molecular complexity index is 878. The zero-order valence-corrected chi connectivity index (χ0v) is 19.3. The number of hydrogen-bond donors (Lipinski definition) is 0. The third-order valence-electron chi connectivity index (χ3n) is 6.13. The molecule has 0 N–H and O–H groups in total. The summed E-state index contributed by atoms with van der Waals surface area (Å²) in [5, 5.41) is 0. The second-order valence-electron chi connectivity index (χ2n) is 8.93. The molecule has 0 saturated heterocycles. The maximum atomic E-state index is 2.64. The fraction of sp³-hybridized carbons (Fsp3) is 0.464. The first kappa shape index (κ1) is 22.3. The first-order valence-electron chi connectivity index (χ1n) is 11.8. The van der Waals surface area contributed by atoms with Crippen molar-refractivity contribution in [3.8, 4) is 0 Å². The van der Waals surface area contributed by atoms with Gasteiger partial charge in [-0.05, 0) is 43.7 Å². The van der Waals surface area contributed by atoms with Crippen molar-refractivity contribution in [2.24, 2.45) is 0 Å². The minimum absolute atomic E-state index is 0.464. The highest BCUT2D eigenvalue weighted by atomic mass is 15.2. The first-order valence-corrected chi connectivity index (χ1v) is 11.8. The Kier molecular flexibility index (Phi) is 8.30. The third-order valence-corrected chi connectivity index (χ3v) is 6.13. The van der Waals surface area contributed by atoms with Gasteiger partial charge in [-0.15, -0.1) is 0 Å². The zero-order valence-electron chi connectivity index (χ0n) is 19.3. The molecule has 0 amide bonds. The van der Waals surface area contributed by atoms with Crippen LogP contribution in [0.2, 0.25) is 0 Å². The minimum atomic E-state index is 0.464. The highest BCUT2D eigenvalue weighted by molar-refractivity contribution is 5.22. The maximum absolute atomic E-state index is 2.64. The first-order chi connectivity index (χ1) is 14.6. The van der Waals surface area contributed by atoms with Crippen LogP contribution in [0.4, 0.5) is 0 Å². The third kappa shape index (κ3) is 5.84. The molecular formula is C28H39N2+. The molecule has 0 saturated carbocycles. The summed E-state index contributed by atoms with van der Waals surface area (Å²) >= 11 is 0. The van der Waals surface area contributed by atoms with Gasteiger partial charge < -0.3 is 0 Å². The Morgan fingerprint density at radius 2 is 1.50 bits per heavy atom. The summed E-state index contributed by atoms with van der Waals surface area (Å²) in [5.41, 5.74) is 4.29. The van der Waals surface area contributed by atoms with Crippen LogP contribution in [0.1, 0.15) is 88.0 Å². The minimum Gasteiger partial charge on any atom is -0.232 e. The summed E-state index contributed by atoms with van der Waals surface area (Å²) in [4.78, 5) is 0. The van der Waals surface area contributed by atoms with E-state index in [1.165, 1.54) is 48.3 Å². The molecule has 2 aromatic carbocycles. The van der Waals surface area contributed by atoms with E-state index < -0.39 is 0 Å². The SMILES string of the molecule is CCCCCCn1c(CC(C)c2ccccc2)c[n+](C(C)C)c1Cc1ccccc1. The van der Waals surface area contributed by atoms with Crippen molar-refractivity contribution in [2.75, 3.05) is 0 Å². The predicted molar refractivity (Wildman–Crippen MR) is 127 cm³/mol. The molecule has 1 atom stereocenters. The van der Waals surface area contributed by atoms with Gasteiger partial charge in [0.05, 0.1) is 19.0 Å². The van der Waals surface area contributed by atoms with Crippen LogP contribution in [-0.2, 0) is 19.4 Å². The Morgan fingerprint density at radius 1 is 0.833 bits per heavy atom. The van der Waals surface area contributed by atoms with E-state index in [9.17, 15) is 0 Å². The van der Waals surface area contributed by atoms with Gasteiger partial charge in [-0.2, -0.15) is 0 Å². The van der Waals surface area contributed by atoms with Crippen molar-refractivity contribution in [2.45, 2.75) is 84.7 Å². The fourth-order valence-corrected chi connectivity index (χ4v) is 4.37. The number of hydrogen-bond acceptors (Lipinski definition) is 0. The van der Waals surface area contributed by atoms with Crippen LogP contribution in [0.3, 0.4) is 0 Å². The topological polar surface area (TPSA) is 8.81 Å². The zero-order chi connectivity index (χ0) is 21.3. The summed E-state index contributed by atoms with van der Waals surface area (Å²) in [6.07, 6.45) is 9.69. The predicted octanol–water partition coefficient (Wildman–Crippen LogP) is 6.87. The van der Waals surface area contributed by atoms with E-state index in [0.29, 0.717) is 12.0 Å². The van der Waals surface area contributed by atoms with Crippen LogP contribution in [-0.4, -0.2) is 4.57 Å². The van der Waals surface area contributed by atoms with Gasteiger partial charge in [-0.25, -0.2) is 9.13 Å². The van der Waals surface area contributed by atoms with Crippen LogP contribution < -0.4 is 4.57 Å². The van der Waals surface area contributed by atoms with Crippen molar-refractivity contribution in [3.05, 3.63) is 89.5 Å². The Morgan fingerprint density at radius 3 is 2.13 bits per heavy atom. The van der Waals surface area contributed by atoms with Crippen LogP contribution in [0.5, 0.6) is 0 Å². The Labute approximate surface area is 183 Å². The van der Waals surface area contributed by atoms with Gasteiger partial charge in [-0.1, -0.05) is 87.4 Å². The van der Waals surface area contributed by atoms with E-state index in [4.69, 9.17) is 0 Å². The molecule has 0 aliphatic rings. The quantitative estimate of drug-likeness (QED) is 0.244. The molecule has 2 heteroatoms. The van der Waals surface area contributed by atoms with E-state index in [1.807, 2.05) is 0 Å². The molecule has 1 aromatic heterocycles. The fourth-order valence-electron chi connectivity index (χ4n) is 4.37. The van der Waals surface area contributed by atoms with Gasteiger partial charge >= 0.3 is 0 Å². The average molecular weight is 404 g/mol. The summed E-state index contributed by atoms with van der Waals surface area (Å²) in [7, 11) is 0. The Balaban J connectivity index is 1.93. The van der Waals surface area contributed by atoms with Gasteiger partial charge in [0.2, 0.25) is 0 Å². The highest BCUT2D eigenvalue weighted by Crippen LogP contribution is 2.23. The molecular weight excluding hydrogens is 364 g/mol. The molecule has 160 valence electrons. The highest BCUT2D eigenvalue weighted by Gasteiger charge is 2.26. The number of benzene rings is 2. The lowest BCUT2D eigenvalue weighted by atomic mass is 9.96. The molecule has 0 aliphatic heterocycles. The molecule has 0 spiro atoms. The van der Waals surface area contributed by atoms with Gasteiger partial charge in [0.25, 0.3) is 5.82 Å². The molecule has 1 unspecified atom stereocenters. The maximum Gasteiger partial charge on any atom is 0.261 e. The standard InChI is InChI=1S/C28H39N2/c1-5-6-7-14-19-29-27(20-24(4)26-17-12-9-13-18-26)22-30(23(2)3)28(29)21-25-15-10-8-11-16-25/h8-13,15-18,22-24H,5-7,14,19-21H2,1-4H3/q+1. The van der Waals surface area contributed by atoms with E-state index >= 15 is 0 Å². The van der Waals surface area contributed by atoms with Crippen LogP contribution >= 0.6 is 0 Å². The van der Waals surface area contributed by atoms with Gasteiger partial charge in [0, 0.05) is 6.42 Å². The normalized spacial score (nSPS) is 12.4. The van der Waals surface area contributed by atoms with E-state index in [-0.39, 0.29) is 0 Å². The number of unbranched alkanes of at least 4 members (excludes halogenated alkanes) is 3. The molecule has 0 aliphatic carbocycles. The number of aromatic nitrogens is 2. The van der Waals surface area contributed by atoms with Crippen molar-refractivity contribution in [1.82, 2.24) is 4.57 Å². The van der Waals surface area contributed by atoms with Gasteiger partial charge in [0.15, 0.2) is 0 Å². The molecule has 1 heterocycles. The lowest BCUT2D eigenvalue weighted by Crippen LogP contribution is -2.39. The molecule has 0 fully saturated rings. The van der Waals surface area contributed by atoms with E-state index in [1.54, 1.807) is 0 Å². The number of nitrogens with zero attached hydrogens (tertiary/aromatic N) is 2. The summed E-state index contributed by atoms with van der Waals surface area (Å²) < 4.78 is 5.15. The van der Waals surface area contributed by atoms with Gasteiger partial charge in [-0.3, -0.25) is 0 Å². The molecule has 30 heavy (non-hydrogen) atoms. The van der Waals surface area contributed by atoms with E-state index in [0.717, 1.165) is 19.4 Å². The van der Waals surface area contributed by atoms with E-state index in [2.05, 4.69) is 104 Å². The number of imidazole rings is 1. The van der Waals surface area contributed by atoms with Crippen molar-refractivity contribution in [1.29, 1.82) is 0 Å². The summed E-state index contributed by atoms with van der Waals surface area (Å²) in [6, 6.07) is 22.3. The van der Waals surface area contributed by atoms with Crippen molar-refractivity contribution in [3.63, 3.8) is 0 Å². The number of rotatable bonds is 11. The lowest BCUT2D eigenvalue weighted by molar-refractivity contribution is -0.722. The Hall–Kier alpha value is -2.35. The smallest absolute Gasteiger partial charge is 0.232 e. The van der Waals surface area contributed by atoms with Gasteiger partial charge in [0.1, 0.15) is 11.9 Å². The molecule has 0 bridgehead atoms.